The Balaban J connectivity index is 1.97. The van der Waals surface area contributed by atoms with Gasteiger partial charge >= 0.3 is 5.97 Å². The first-order valence-electron chi connectivity index (χ1n) is 7.41. The molecule has 4 heteroatoms. The molecule has 2 rings (SSSR count). The van der Waals surface area contributed by atoms with Gasteiger partial charge in [0.1, 0.15) is 6.04 Å². The summed E-state index contributed by atoms with van der Waals surface area (Å²) in [6.45, 7) is 4.69. The van der Waals surface area contributed by atoms with Gasteiger partial charge in [0.25, 0.3) is 0 Å². The number of carboxylic acids is 1. The fourth-order valence-corrected chi connectivity index (χ4v) is 3.49. The maximum absolute atomic E-state index is 11.3. The van der Waals surface area contributed by atoms with Gasteiger partial charge in [-0.1, -0.05) is 26.2 Å². The molecule has 0 spiro atoms. The van der Waals surface area contributed by atoms with Gasteiger partial charge in [0.15, 0.2) is 0 Å². The molecule has 1 saturated carbocycles. The van der Waals surface area contributed by atoms with E-state index in [-0.39, 0.29) is 6.04 Å². The van der Waals surface area contributed by atoms with Crippen LogP contribution in [0.5, 0.6) is 0 Å². The average molecular weight is 254 g/mol. The Bertz CT molecular complexity index is 283. The Hall–Kier alpha value is -0.610. The first kappa shape index (κ1) is 13.8. The lowest BCUT2D eigenvalue weighted by atomic mass is 9.97. The lowest BCUT2D eigenvalue weighted by molar-refractivity contribution is -0.145. The van der Waals surface area contributed by atoms with E-state index >= 15 is 0 Å². The second-order valence-corrected chi connectivity index (χ2v) is 5.73. The standard InChI is InChI=1S/C14H26N2O2/c1-2-11-4-3-5-12(7-6-11)16-9-8-15-10-13(16)14(17)18/h11-13,15H,2-10H2,1H3,(H,17,18). The summed E-state index contributed by atoms with van der Waals surface area (Å²) in [5.41, 5.74) is 0. The topological polar surface area (TPSA) is 52.6 Å². The zero-order valence-corrected chi connectivity index (χ0v) is 11.4. The molecular weight excluding hydrogens is 228 g/mol. The molecule has 0 radical (unpaired) electrons. The molecule has 2 aliphatic rings. The van der Waals surface area contributed by atoms with Crippen molar-refractivity contribution in [2.24, 2.45) is 5.92 Å². The maximum Gasteiger partial charge on any atom is 0.322 e. The molecule has 1 aliphatic carbocycles. The third-order valence-corrected chi connectivity index (χ3v) is 4.67. The van der Waals surface area contributed by atoms with E-state index in [9.17, 15) is 9.90 Å². The average Bonchev–Trinajstić information content (AvgIpc) is 2.63. The van der Waals surface area contributed by atoms with Crippen LogP contribution in [0.4, 0.5) is 0 Å². The summed E-state index contributed by atoms with van der Waals surface area (Å²) in [7, 11) is 0. The number of nitrogens with zero attached hydrogens (tertiary/aromatic N) is 1. The number of aliphatic carboxylic acids is 1. The normalized spacial score (nSPS) is 35.1. The molecule has 1 saturated heterocycles. The van der Waals surface area contributed by atoms with E-state index < -0.39 is 5.97 Å². The molecular formula is C14H26N2O2. The number of hydrogen-bond donors (Lipinski definition) is 2. The number of carbonyl (C=O) groups is 1. The third kappa shape index (κ3) is 3.23. The van der Waals surface area contributed by atoms with Gasteiger partial charge in [0.2, 0.25) is 0 Å². The minimum atomic E-state index is -0.668. The van der Waals surface area contributed by atoms with Crippen LogP contribution in [0.2, 0.25) is 0 Å². The molecule has 2 N–H and O–H groups in total. The number of carboxylic acid groups (broad SMARTS) is 1. The van der Waals surface area contributed by atoms with Crippen LogP contribution in [0.25, 0.3) is 0 Å². The zero-order chi connectivity index (χ0) is 13.0. The van der Waals surface area contributed by atoms with Crippen LogP contribution in [0, 0.1) is 5.92 Å². The van der Waals surface area contributed by atoms with Crippen LogP contribution in [-0.2, 0) is 4.79 Å². The van der Waals surface area contributed by atoms with E-state index in [0.717, 1.165) is 19.0 Å². The van der Waals surface area contributed by atoms with Gasteiger partial charge in [0, 0.05) is 25.7 Å². The molecule has 18 heavy (non-hydrogen) atoms. The second kappa shape index (κ2) is 6.53. The van der Waals surface area contributed by atoms with Crippen LogP contribution < -0.4 is 5.32 Å². The highest BCUT2D eigenvalue weighted by molar-refractivity contribution is 5.74. The molecule has 3 unspecified atom stereocenters. The SMILES string of the molecule is CCC1CCCC(N2CCNCC2C(=O)O)CC1. The predicted octanol–water partition coefficient (Wildman–Crippen LogP) is 1.70. The summed E-state index contributed by atoms with van der Waals surface area (Å²) in [6, 6.07) is 0.173. The molecule has 1 heterocycles. The lowest BCUT2D eigenvalue weighted by Crippen LogP contribution is -2.58. The third-order valence-electron chi connectivity index (χ3n) is 4.67. The smallest absolute Gasteiger partial charge is 0.322 e. The van der Waals surface area contributed by atoms with Crippen molar-refractivity contribution in [3.05, 3.63) is 0 Å². The summed E-state index contributed by atoms with van der Waals surface area (Å²) < 4.78 is 0. The van der Waals surface area contributed by atoms with E-state index in [4.69, 9.17) is 0 Å². The van der Waals surface area contributed by atoms with Crippen LogP contribution in [0.15, 0.2) is 0 Å². The van der Waals surface area contributed by atoms with Crippen LogP contribution in [0.3, 0.4) is 0 Å². The van der Waals surface area contributed by atoms with Crippen molar-refractivity contribution in [1.29, 1.82) is 0 Å². The lowest BCUT2D eigenvalue weighted by Gasteiger charge is -2.39. The Kier molecular flexibility index (Phi) is 5.01. The summed E-state index contributed by atoms with van der Waals surface area (Å²) in [5.74, 6) is 0.194. The van der Waals surface area contributed by atoms with Crippen molar-refractivity contribution in [1.82, 2.24) is 10.2 Å². The zero-order valence-electron chi connectivity index (χ0n) is 11.4. The summed E-state index contributed by atoms with van der Waals surface area (Å²) in [6.07, 6.45) is 7.51. The first-order valence-corrected chi connectivity index (χ1v) is 7.41. The minimum absolute atomic E-state index is 0.318. The van der Waals surface area contributed by atoms with E-state index in [2.05, 4.69) is 17.1 Å². The monoisotopic (exact) mass is 254 g/mol. The summed E-state index contributed by atoms with van der Waals surface area (Å²) in [4.78, 5) is 13.6. The molecule has 2 fully saturated rings. The fraction of sp³-hybridized carbons (Fsp3) is 0.929. The van der Waals surface area contributed by atoms with Crippen molar-refractivity contribution in [3.63, 3.8) is 0 Å². The predicted molar refractivity (Wildman–Crippen MR) is 71.7 cm³/mol. The number of hydrogen-bond acceptors (Lipinski definition) is 3. The van der Waals surface area contributed by atoms with Crippen LogP contribution >= 0.6 is 0 Å². The maximum atomic E-state index is 11.3. The largest absolute Gasteiger partial charge is 0.480 e. The number of piperazine rings is 1. The first-order chi connectivity index (χ1) is 8.72. The van der Waals surface area contributed by atoms with Gasteiger partial charge in [0.05, 0.1) is 0 Å². The molecule has 3 atom stereocenters. The molecule has 0 amide bonds. The fourth-order valence-electron chi connectivity index (χ4n) is 3.49. The molecule has 104 valence electrons. The van der Waals surface area contributed by atoms with E-state index in [0.29, 0.717) is 12.6 Å². The second-order valence-electron chi connectivity index (χ2n) is 5.73. The molecule has 4 nitrogen and oxygen atoms in total. The Morgan fingerprint density at radius 3 is 2.89 bits per heavy atom. The van der Waals surface area contributed by atoms with Crippen LogP contribution in [0.1, 0.15) is 45.4 Å². The highest BCUT2D eigenvalue weighted by Gasteiger charge is 2.34. The van der Waals surface area contributed by atoms with Gasteiger partial charge in [-0.15, -0.1) is 0 Å². The van der Waals surface area contributed by atoms with Gasteiger partial charge in [-0.05, 0) is 25.2 Å². The van der Waals surface area contributed by atoms with E-state index in [1.807, 2.05) is 0 Å². The van der Waals surface area contributed by atoms with Crippen molar-refractivity contribution < 1.29 is 9.90 Å². The summed E-state index contributed by atoms with van der Waals surface area (Å²) >= 11 is 0. The summed E-state index contributed by atoms with van der Waals surface area (Å²) in [5, 5.41) is 12.5. The van der Waals surface area contributed by atoms with Crippen molar-refractivity contribution in [2.75, 3.05) is 19.6 Å². The molecule has 0 aromatic rings. The van der Waals surface area contributed by atoms with Gasteiger partial charge in [-0.25, -0.2) is 0 Å². The van der Waals surface area contributed by atoms with E-state index in [1.165, 1.54) is 38.5 Å². The molecule has 0 bridgehead atoms. The Morgan fingerprint density at radius 1 is 1.33 bits per heavy atom. The molecule has 0 aromatic carbocycles. The van der Waals surface area contributed by atoms with Crippen molar-refractivity contribution in [2.45, 2.75) is 57.5 Å². The Morgan fingerprint density at radius 2 is 2.17 bits per heavy atom. The van der Waals surface area contributed by atoms with Crippen molar-refractivity contribution in [3.8, 4) is 0 Å². The number of nitrogens with one attached hydrogen (secondary N) is 1. The van der Waals surface area contributed by atoms with Gasteiger partial charge in [-0.3, -0.25) is 9.69 Å². The highest BCUT2D eigenvalue weighted by Crippen LogP contribution is 2.29. The van der Waals surface area contributed by atoms with Crippen molar-refractivity contribution >= 4 is 5.97 Å². The van der Waals surface area contributed by atoms with E-state index in [1.54, 1.807) is 0 Å². The Labute approximate surface area is 110 Å². The molecule has 0 aromatic heterocycles. The number of rotatable bonds is 3. The highest BCUT2D eigenvalue weighted by atomic mass is 16.4. The molecule has 1 aliphatic heterocycles. The van der Waals surface area contributed by atoms with Gasteiger partial charge < -0.3 is 10.4 Å². The quantitative estimate of drug-likeness (QED) is 0.753. The van der Waals surface area contributed by atoms with Gasteiger partial charge in [-0.2, -0.15) is 0 Å². The minimum Gasteiger partial charge on any atom is -0.480 e. The van der Waals surface area contributed by atoms with Crippen LogP contribution in [-0.4, -0.2) is 47.7 Å².